The van der Waals surface area contributed by atoms with Crippen molar-refractivity contribution >= 4 is 11.9 Å². The molecule has 0 aliphatic carbocycles. The third-order valence-electron chi connectivity index (χ3n) is 4.35. The van der Waals surface area contributed by atoms with Gasteiger partial charge in [0.1, 0.15) is 5.75 Å². The molecule has 0 saturated heterocycles. The molecule has 2 rings (SSSR count). The molecule has 0 bridgehead atoms. The molecule has 2 aromatic rings. The lowest BCUT2D eigenvalue weighted by atomic mass is 10.1. The summed E-state index contributed by atoms with van der Waals surface area (Å²) < 4.78 is 5.43. The third-order valence-corrected chi connectivity index (χ3v) is 4.35. The number of amides is 1. The predicted octanol–water partition coefficient (Wildman–Crippen LogP) is 3.04. The summed E-state index contributed by atoms with van der Waals surface area (Å²) in [4.78, 5) is 18.5. The largest absolute Gasteiger partial charge is 0.496 e. The number of methoxy groups -OCH3 is 1. The van der Waals surface area contributed by atoms with E-state index in [-0.39, 0.29) is 5.91 Å². The molecule has 0 aliphatic heterocycles. The molecule has 2 N–H and O–H groups in total. The van der Waals surface area contributed by atoms with E-state index in [1.165, 1.54) is 0 Å². The second-order valence-electron chi connectivity index (χ2n) is 6.52. The Morgan fingerprint density at radius 2 is 1.93 bits per heavy atom. The zero-order chi connectivity index (χ0) is 20.4. The molecular weight excluding hydrogens is 352 g/mol. The number of carbonyl (C=O) groups excluding carboxylic acids is 1. The number of guanidine groups is 1. The van der Waals surface area contributed by atoms with Crippen LogP contribution in [0.5, 0.6) is 5.75 Å². The number of rotatable bonds is 8. The number of benzene rings is 2. The van der Waals surface area contributed by atoms with Gasteiger partial charge in [-0.15, -0.1) is 0 Å². The van der Waals surface area contributed by atoms with Crippen LogP contribution in [0.15, 0.2) is 53.5 Å². The van der Waals surface area contributed by atoms with Crippen LogP contribution in [-0.4, -0.2) is 44.5 Å². The van der Waals surface area contributed by atoms with Crippen LogP contribution in [0, 0.1) is 0 Å². The van der Waals surface area contributed by atoms with Gasteiger partial charge in [0.25, 0.3) is 5.91 Å². The maximum Gasteiger partial charge on any atom is 0.251 e. The van der Waals surface area contributed by atoms with E-state index in [1.807, 2.05) is 67.4 Å². The maximum absolute atomic E-state index is 12.1. The molecule has 0 unspecified atom stereocenters. The monoisotopic (exact) mass is 382 g/mol. The first-order valence-corrected chi connectivity index (χ1v) is 9.49. The molecule has 0 fully saturated rings. The highest BCUT2D eigenvalue weighted by molar-refractivity contribution is 5.94. The van der Waals surface area contributed by atoms with E-state index in [1.54, 1.807) is 14.2 Å². The van der Waals surface area contributed by atoms with Gasteiger partial charge in [0.15, 0.2) is 5.96 Å². The van der Waals surface area contributed by atoms with Crippen LogP contribution in [0.3, 0.4) is 0 Å². The van der Waals surface area contributed by atoms with Crippen LogP contribution in [0.1, 0.15) is 34.8 Å². The van der Waals surface area contributed by atoms with Gasteiger partial charge in [-0.25, -0.2) is 0 Å². The van der Waals surface area contributed by atoms with Crippen molar-refractivity contribution in [2.45, 2.75) is 26.4 Å². The molecule has 0 aromatic heterocycles. The van der Waals surface area contributed by atoms with E-state index >= 15 is 0 Å². The number of nitrogens with zero attached hydrogens (tertiary/aromatic N) is 2. The maximum atomic E-state index is 12.1. The fourth-order valence-electron chi connectivity index (χ4n) is 2.89. The van der Waals surface area contributed by atoms with Crippen molar-refractivity contribution in [1.29, 1.82) is 0 Å². The lowest BCUT2D eigenvalue weighted by Crippen LogP contribution is -2.38. The van der Waals surface area contributed by atoms with E-state index in [0.717, 1.165) is 29.3 Å². The van der Waals surface area contributed by atoms with Crippen LogP contribution >= 0.6 is 0 Å². The summed E-state index contributed by atoms with van der Waals surface area (Å²) in [5, 5.41) is 6.26. The molecule has 150 valence electrons. The number of carbonyl (C=O) groups is 1. The standard InChI is InChI=1S/C22H30N4O2/c1-5-13-24-21(27)18-11-8-9-17(14-18)15-25-22(23-2)26(3)16-19-10-6-7-12-20(19)28-4/h6-12,14H,5,13,15-16H2,1-4H3,(H,23,25)(H,24,27). The van der Waals surface area contributed by atoms with E-state index in [2.05, 4.69) is 15.6 Å². The summed E-state index contributed by atoms with van der Waals surface area (Å²) in [6.07, 6.45) is 0.918. The Morgan fingerprint density at radius 1 is 1.14 bits per heavy atom. The third kappa shape index (κ3) is 6.01. The van der Waals surface area contributed by atoms with Crippen LogP contribution in [0.25, 0.3) is 0 Å². The van der Waals surface area contributed by atoms with Gasteiger partial charge in [-0.05, 0) is 30.2 Å². The Hall–Kier alpha value is -3.02. The summed E-state index contributed by atoms with van der Waals surface area (Å²) in [6, 6.07) is 15.6. The average Bonchev–Trinajstić information content (AvgIpc) is 2.73. The number of para-hydroxylation sites is 1. The highest BCUT2D eigenvalue weighted by Crippen LogP contribution is 2.18. The predicted molar refractivity (Wildman–Crippen MR) is 114 cm³/mol. The van der Waals surface area contributed by atoms with E-state index in [0.29, 0.717) is 25.2 Å². The van der Waals surface area contributed by atoms with Gasteiger partial charge in [-0.1, -0.05) is 37.3 Å². The summed E-state index contributed by atoms with van der Waals surface area (Å²) in [5.74, 6) is 1.59. The molecule has 0 heterocycles. The zero-order valence-corrected chi connectivity index (χ0v) is 17.2. The first-order chi connectivity index (χ1) is 13.6. The van der Waals surface area contributed by atoms with E-state index in [9.17, 15) is 4.79 Å². The fraction of sp³-hybridized carbons (Fsp3) is 0.364. The minimum atomic E-state index is -0.0404. The average molecular weight is 383 g/mol. The fourth-order valence-corrected chi connectivity index (χ4v) is 2.89. The number of aliphatic imine (C=N–C) groups is 1. The van der Waals surface area contributed by atoms with Crippen molar-refractivity contribution in [2.24, 2.45) is 4.99 Å². The molecule has 0 atom stereocenters. The highest BCUT2D eigenvalue weighted by Gasteiger charge is 2.10. The molecule has 6 nitrogen and oxygen atoms in total. The summed E-state index contributed by atoms with van der Waals surface area (Å²) in [7, 11) is 5.42. The van der Waals surface area contributed by atoms with Crippen LogP contribution in [-0.2, 0) is 13.1 Å². The molecule has 0 spiro atoms. The molecule has 0 saturated carbocycles. The molecule has 0 aliphatic rings. The van der Waals surface area contributed by atoms with Crippen molar-refractivity contribution in [3.63, 3.8) is 0 Å². The number of hydrogen-bond donors (Lipinski definition) is 2. The van der Waals surface area contributed by atoms with Crippen molar-refractivity contribution in [3.8, 4) is 5.75 Å². The van der Waals surface area contributed by atoms with Crippen molar-refractivity contribution < 1.29 is 9.53 Å². The van der Waals surface area contributed by atoms with Gasteiger partial charge in [0, 0.05) is 44.9 Å². The highest BCUT2D eigenvalue weighted by atomic mass is 16.5. The van der Waals surface area contributed by atoms with Gasteiger partial charge in [-0.3, -0.25) is 9.79 Å². The smallest absolute Gasteiger partial charge is 0.251 e. The first-order valence-electron chi connectivity index (χ1n) is 9.49. The van der Waals surface area contributed by atoms with E-state index in [4.69, 9.17) is 4.74 Å². The second-order valence-corrected chi connectivity index (χ2v) is 6.52. The lowest BCUT2D eigenvalue weighted by molar-refractivity contribution is 0.0953. The normalized spacial score (nSPS) is 11.1. The minimum absolute atomic E-state index is 0.0404. The molecular formula is C22H30N4O2. The molecule has 0 radical (unpaired) electrons. The van der Waals surface area contributed by atoms with Crippen LogP contribution < -0.4 is 15.4 Å². The Kier molecular flexibility index (Phi) is 8.34. The molecule has 28 heavy (non-hydrogen) atoms. The number of ether oxygens (including phenoxy) is 1. The van der Waals surface area contributed by atoms with Crippen molar-refractivity contribution in [3.05, 3.63) is 65.2 Å². The van der Waals surface area contributed by atoms with Gasteiger partial charge in [0.05, 0.1) is 7.11 Å². The summed E-state index contributed by atoms with van der Waals surface area (Å²) >= 11 is 0. The van der Waals surface area contributed by atoms with Gasteiger partial charge >= 0.3 is 0 Å². The summed E-state index contributed by atoms with van der Waals surface area (Å²) in [6.45, 7) is 3.97. The van der Waals surface area contributed by atoms with Crippen LogP contribution in [0.4, 0.5) is 0 Å². The Morgan fingerprint density at radius 3 is 2.64 bits per heavy atom. The SMILES string of the molecule is CCCNC(=O)c1cccc(CNC(=NC)N(C)Cc2ccccc2OC)c1. The minimum Gasteiger partial charge on any atom is -0.496 e. The quantitative estimate of drug-likeness (QED) is 0.544. The molecule has 6 heteroatoms. The Labute approximate surface area is 167 Å². The van der Waals surface area contributed by atoms with Gasteiger partial charge in [-0.2, -0.15) is 0 Å². The van der Waals surface area contributed by atoms with Crippen molar-refractivity contribution in [1.82, 2.24) is 15.5 Å². The Bertz CT molecular complexity index is 805. The zero-order valence-electron chi connectivity index (χ0n) is 17.2. The summed E-state index contributed by atoms with van der Waals surface area (Å²) in [5.41, 5.74) is 2.78. The Balaban J connectivity index is 1.99. The molecule has 1 amide bonds. The number of nitrogens with one attached hydrogen (secondary N) is 2. The number of hydrogen-bond acceptors (Lipinski definition) is 3. The first kappa shape index (κ1) is 21.3. The second kappa shape index (κ2) is 11.0. The van der Waals surface area contributed by atoms with Crippen LogP contribution in [0.2, 0.25) is 0 Å². The lowest BCUT2D eigenvalue weighted by Gasteiger charge is -2.23. The topological polar surface area (TPSA) is 66.0 Å². The van der Waals surface area contributed by atoms with E-state index < -0.39 is 0 Å². The van der Waals surface area contributed by atoms with Gasteiger partial charge < -0.3 is 20.3 Å². The van der Waals surface area contributed by atoms with Gasteiger partial charge in [0.2, 0.25) is 0 Å². The molecule has 2 aromatic carbocycles. The van der Waals surface area contributed by atoms with Crippen molar-refractivity contribution in [2.75, 3.05) is 27.7 Å².